The summed E-state index contributed by atoms with van der Waals surface area (Å²) in [5, 5.41) is 3.28. The zero-order valence-electron chi connectivity index (χ0n) is 10.3. The van der Waals surface area contributed by atoms with Crippen LogP contribution in [0.3, 0.4) is 0 Å². The molecule has 0 saturated carbocycles. The zero-order chi connectivity index (χ0) is 13.8. The van der Waals surface area contributed by atoms with Gasteiger partial charge in [-0.15, -0.1) is 0 Å². The van der Waals surface area contributed by atoms with Crippen molar-refractivity contribution in [1.82, 2.24) is 10.3 Å². The van der Waals surface area contributed by atoms with Gasteiger partial charge in [0.2, 0.25) is 0 Å². The van der Waals surface area contributed by atoms with Crippen molar-refractivity contribution in [2.45, 2.75) is 13.5 Å². The first-order valence-corrected chi connectivity index (χ1v) is 6.47. The van der Waals surface area contributed by atoms with Gasteiger partial charge < -0.3 is 5.32 Å². The van der Waals surface area contributed by atoms with E-state index in [1.165, 1.54) is 5.56 Å². The number of pyridine rings is 1. The van der Waals surface area contributed by atoms with Gasteiger partial charge in [0.25, 0.3) is 5.91 Å². The van der Waals surface area contributed by atoms with Crippen LogP contribution in [0.5, 0.6) is 0 Å². The lowest BCUT2D eigenvalue weighted by Gasteiger charge is -2.06. The highest BCUT2D eigenvalue weighted by Crippen LogP contribution is 2.16. The van der Waals surface area contributed by atoms with Crippen molar-refractivity contribution in [2.75, 3.05) is 0 Å². The topological polar surface area (TPSA) is 42.0 Å². The van der Waals surface area contributed by atoms with E-state index in [4.69, 9.17) is 23.2 Å². The third-order valence-corrected chi connectivity index (χ3v) is 3.12. The van der Waals surface area contributed by atoms with Crippen LogP contribution in [0.25, 0.3) is 0 Å². The molecule has 2 aromatic rings. The van der Waals surface area contributed by atoms with Crippen LogP contribution in [0.15, 0.2) is 36.4 Å². The molecule has 0 spiro atoms. The highest BCUT2D eigenvalue weighted by molar-refractivity contribution is 6.34. The normalized spacial score (nSPS) is 10.3. The molecule has 1 aromatic heterocycles. The van der Waals surface area contributed by atoms with Gasteiger partial charge in [-0.2, -0.15) is 0 Å². The van der Waals surface area contributed by atoms with Gasteiger partial charge in [0.15, 0.2) is 0 Å². The average molecular weight is 295 g/mol. The van der Waals surface area contributed by atoms with Gasteiger partial charge in [-0.1, -0.05) is 53.0 Å². The van der Waals surface area contributed by atoms with Crippen LogP contribution in [0.4, 0.5) is 0 Å². The number of aryl methyl sites for hydroxylation is 1. The molecule has 0 unspecified atom stereocenters. The SMILES string of the molecule is Cc1ccc(CNC(=O)c2nc(Cl)ccc2Cl)cc1. The van der Waals surface area contributed by atoms with E-state index in [1.807, 2.05) is 31.2 Å². The molecule has 1 N–H and O–H groups in total. The van der Waals surface area contributed by atoms with Crippen LogP contribution in [0, 0.1) is 6.92 Å². The van der Waals surface area contributed by atoms with Crippen LogP contribution in [-0.4, -0.2) is 10.9 Å². The molecule has 98 valence electrons. The fourth-order valence-electron chi connectivity index (χ4n) is 1.55. The third kappa shape index (κ3) is 3.69. The van der Waals surface area contributed by atoms with Crippen molar-refractivity contribution in [2.24, 2.45) is 0 Å². The summed E-state index contributed by atoms with van der Waals surface area (Å²) >= 11 is 11.7. The van der Waals surface area contributed by atoms with Gasteiger partial charge in [-0.25, -0.2) is 4.98 Å². The van der Waals surface area contributed by atoms with Gasteiger partial charge in [-0.3, -0.25) is 4.79 Å². The van der Waals surface area contributed by atoms with Crippen LogP contribution >= 0.6 is 23.2 Å². The second-order valence-corrected chi connectivity index (χ2v) is 4.93. The predicted molar refractivity (Wildman–Crippen MR) is 76.6 cm³/mol. The summed E-state index contributed by atoms with van der Waals surface area (Å²) in [4.78, 5) is 15.9. The molecule has 3 nitrogen and oxygen atoms in total. The van der Waals surface area contributed by atoms with Crippen molar-refractivity contribution in [3.05, 3.63) is 63.4 Å². The molecule has 0 bridgehead atoms. The van der Waals surface area contributed by atoms with E-state index in [0.29, 0.717) is 6.54 Å². The van der Waals surface area contributed by atoms with E-state index < -0.39 is 0 Å². The summed E-state index contributed by atoms with van der Waals surface area (Å²) in [5.41, 5.74) is 2.33. The molecular weight excluding hydrogens is 283 g/mol. The summed E-state index contributed by atoms with van der Waals surface area (Å²) in [6.07, 6.45) is 0. The fraction of sp³-hybridized carbons (Fsp3) is 0.143. The molecular formula is C14H12Cl2N2O. The summed E-state index contributed by atoms with van der Waals surface area (Å²) < 4.78 is 0. The number of benzene rings is 1. The maximum atomic E-state index is 11.9. The standard InChI is InChI=1S/C14H12Cl2N2O/c1-9-2-4-10(5-3-9)8-17-14(19)13-11(15)6-7-12(16)18-13/h2-7H,8H2,1H3,(H,17,19). The van der Waals surface area contributed by atoms with E-state index in [1.54, 1.807) is 12.1 Å². The Balaban J connectivity index is 2.05. The monoisotopic (exact) mass is 294 g/mol. The quantitative estimate of drug-likeness (QED) is 0.879. The maximum Gasteiger partial charge on any atom is 0.271 e. The van der Waals surface area contributed by atoms with E-state index in [2.05, 4.69) is 10.3 Å². The predicted octanol–water partition coefficient (Wildman–Crippen LogP) is 3.63. The minimum absolute atomic E-state index is 0.140. The van der Waals surface area contributed by atoms with Gasteiger partial charge in [0, 0.05) is 6.54 Å². The number of hydrogen-bond acceptors (Lipinski definition) is 2. The van der Waals surface area contributed by atoms with Gasteiger partial charge in [0.05, 0.1) is 5.02 Å². The number of hydrogen-bond donors (Lipinski definition) is 1. The van der Waals surface area contributed by atoms with Crippen molar-refractivity contribution in [3.63, 3.8) is 0 Å². The van der Waals surface area contributed by atoms with Crippen molar-refractivity contribution < 1.29 is 4.79 Å². The molecule has 0 aliphatic carbocycles. The minimum Gasteiger partial charge on any atom is -0.347 e. The Labute approximate surface area is 121 Å². The molecule has 0 radical (unpaired) electrons. The van der Waals surface area contributed by atoms with Crippen LogP contribution in [0.2, 0.25) is 10.2 Å². The molecule has 2 rings (SSSR count). The number of carbonyl (C=O) groups excluding carboxylic acids is 1. The van der Waals surface area contributed by atoms with E-state index in [9.17, 15) is 4.79 Å². The first-order valence-electron chi connectivity index (χ1n) is 5.72. The first-order chi connectivity index (χ1) is 9.06. The molecule has 1 heterocycles. The number of nitrogens with one attached hydrogen (secondary N) is 1. The van der Waals surface area contributed by atoms with Gasteiger partial charge >= 0.3 is 0 Å². The highest BCUT2D eigenvalue weighted by Gasteiger charge is 2.12. The third-order valence-electron chi connectivity index (χ3n) is 2.60. The van der Waals surface area contributed by atoms with E-state index in [0.717, 1.165) is 5.56 Å². The number of aromatic nitrogens is 1. The summed E-state index contributed by atoms with van der Waals surface area (Å²) in [7, 11) is 0. The number of nitrogens with zero attached hydrogens (tertiary/aromatic N) is 1. The van der Waals surface area contributed by atoms with Crippen molar-refractivity contribution in [3.8, 4) is 0 Å². The molecule has 5 heteroatoms. The first kappa shape index (κ1) is 13.8. The lowest BCUT2D eigenvalue weighted by atomic mass is 10.1. The average Bonchev–Trinajstić information content (AvgIpc) is 2.40. The largest absolute Gasteiger partial charge is 0.347 e. The summed E-state index contributed by atoms with van der Waals surface area (Å²) in [6.45, 7) is 2.43. The van der Waals surface area contributed by atoms with E-state index in [-0.39, 0.29) is 21.8 Å². The summed E-state index contributed by atoms with van der Waals surface area (Å²) in [6, 6.07) is 11.0. The van der Waals surface area contributed by atoms with Crippen LogP contribution in [-0.2, 0) is 6.54 Å². The lowest BCUT2D eigenvalue weighted by Crippen LogP contribution is -2.24. The number of amides is 1. The molecule has 0 aliphatic heterocycles. The molecule has 0 atom stereocenters. The van der Waals surface area contributed by atoms with Crippen molar-refractivity contribution in [1.29, 1.82) is 0 Å². The van der Waals surface area contributed by atoms with Crippen LogP contribution in [0.1, 0.15) is 21.6 Å². The smallest absolute Gasteiger partial charge is 0.271 e. The zero-order valence-corrected chi connectivity index (χ0v) is 11.8. The molecule has 1 aromatic carbocycles. The van der Waals surface area contributed by atoms with Gasteiger partial charge in [0.1, 0.15) is 10.8 Å². The highest BCUT2D eigenvalue weighted by atomic mass is 35.5. The lowest BCUT2D eigenvalue weighted by molar-refractivity contribution is 0.0946. The Kier molecular flexibility index (Phi) is 4.40. The second-order valence-electron chi connectivity index (χ2n) is 4.13. The Hall–Kier alpha value is -1.58. The summed E-state index contributed by atoms with van der Waals surface area (Å²) in [5.74, 6) is -0.340. The molecule has 0 aliphatic rings. The maximum absolute atomic E-state index is 11.9. The number of rotatable bonds is 3. The second kappa shape index (κ2) is 6.04. The van der Waals surface area contributed by atoms with Gasteiger partial charge in [-0.05, 0) is 24.6 Å². The Morgan fingerprint density at radius 3 is 2.53 bits per heavy atom. The fourth-order valence-corrected chi connectivity index (χ4v) is 1.89. The molecule has 19 heavy (non-hydrogen) atoms. The molecule has 0 saturated heterocycles. The van der Waals surface area contributed by atoms with E-state index >= 15 is 0 Å². The number of carbonyl (C=O) groups is 1. The van der Waals surface area contributed by atoms with Crippen LogP contribution < -0.4 is 5.32 Å². The van der Waals surface area contributed by atoms with Crippen molar-refractivity contribution >= 4 is 29.1 Å². The Morgan fingerprint density at radius 1 is 1.16 bits per heavy atom. The minimum atomic E-state index is -0.340. The Bertz CT molecular complexity index is 597. The Morgan fingerprint density at radius 2 is 1.84 bits per heavy atom. The molecule has 0 fully saturated rings. The number of halogens is 2. The molecule has 1 amide bonds.